The van der Waals surface area contributed by atoms with Gasteiger partial charge in [0.2, 0.25) is 0 Å². The second-order valence-electron chi connectivity index (χ2n) is 4.34. The van der Waals surface area contributed by atoms with Crippen LogP contribution in [0.2, 0.25) is 0 Å². The van der Waals surface area contributed by atoms with Gasteiger partial charge in [-0.25, -0.2) is 4.79 Å². The molecule has 108 valence electrons. The molecule has 0 unspecified atom stereocenters. The molecule has 1 aromatic heterocycles. The highest BCUT2D eigenvalue weighted by Gasteiger charge is 2.18. The van der Waals surface area contributed by atoms with Crippen LogP contribution < -0.4 is 10.1 Å². The molecule has 0 radical (unpaired) electrons. The number of benzene rings is 1. The Morgan fingerprint density at radius 2 is 2.05 bits per heavy atom. The molecule has 0 saturated carbocycles. The third-order valence-electron chi connectivity index (χ3n) is 2.93. The van der Waals surface area contributed by atoms with E-state index in [9.17, 15) is 9.59 Å². The van der Waals surface area contributed by atoms with Crippen LogP contribution in [0.25, 0.3) is 0 Å². The summed E-state index contributed by atoms with van der Waals surface area (Å²) in [6.45, 7) is 1.81. The first kappa shape index (κ1) is 14.5. The van der Waals surface area contributed by atoms with Gasteiger partial charge in [0.05, 0.1) is 12.7 Å². The van der Waals surface area contributed by atoms with Crippen LogP contribution in [-0.4, -0.2) is 29.1 Å². The standard InChI is InChI=1S/C15H14N2O4/c1-9-8-10(21-2)5-6-12(9)17-14(18)13-11(15(19)20)4-3-7-16-13/h3-8H,1-2H3,(H,17,18)(H,19,20). The van der Waals surface area contributed by atoms with E-state index in [4.69, 9.17) is 9.84 Å². The number of carboxylic acid groups (broad SMARTS) is 1. The van der Waals surface area contributed by atoms with E-state index in [-0.39, 0.29) is 11.3 Å². The summed E-state index contributed by atoms with van der Waals surface area (Å²) in [4.78, 5) is 27.1. The zero-order valence-corrected chi connectivity index (χ0v) is 11.6. The van der Waals surface area contributed by atoms with E-state index in [1.54, 1.807) is 25.3 Å². The van der Waals surface area contributed by atoms with E-state index in [1.165, 1.54) is 18.3 Å². The molecule has 0 fully saturated rings. The van der Waals surface area contributed by atoms with Crippen molar-refractivity contribution in [2.24, 2.45) is 0 Å². The molecule has 1 amide bonds. The number of hydrogen-bond donors (Lipinski definition) is 2. The minimum absolute atomic E-state index is 0.125. The molecule has 0 aliphatic rings. The lowest BCUT2D eigenvalue weighted by molar-refractivity contribution is 0.0691. The summed E-state index contributed by atoms with van der Waals surface area (Å²) in [5.41, 5.74) is 1.11. The summed E-state index contributed by atoms with van der Waals surface area (Å²) >= 11 is 0. The van der Waals surface area contributed by atoms with Gasteiger partial charge in [0.15, 0.2) is 0 Å². The Balaban J connectivity index is 2.28. The number of carboxylic acids is 1. The van der Waals surface area contributed by atoms with Crippen molar-refractivity contribution in [2.45, 2.75) is 6.92 Å². The number of carbonyl (C=O) groups is 2. The maximum atomic E-state index is 12.2. The van der Waals surface area contributed by atoms with Crippen LogP contribution in [-0.2, 0) is 0 Å². The highest BCUT2D eigenvalue weighted by atomic mass is 16.5. The van der Waals surface area contributed by atoms with Crippen molar-refractivity contribution in [3.63, 3.8) is 0 Å². The van der Waals surface area contributed by atoms with Crippen LogP contribution in [0.15, 0.2) is 36.5 Å². The fourth-order valence-electron chi connectivity index (χ4n) is 1.84. The van der Waals surface area contributed by atoms with Crippen molar-refractivity contribution in [3.05, 3.63) is 53.3 Å². The first-order valence-electron chi connectivity index (χ1n) is 6.17. The maximum absolute atomic E-state index is 12.2. The van der Waals surface area contributed by atoms with E-state index >= 15 is 0 Å². The molecule has 2 aromatic rings. The van der Waals surface area contributed by atoms with Gasteiger partial charge in [0.1, 0.15) is 11.4 Å². The highest BCUT2D eigenvalue weighted by Crippen LogP contribution is 2.21. The molecular formula is C15H14N2O4. The molecule has 0 aliphatic carbocycles. The van der Waals surface area contributed by atoms with E-state index in [1.807, 2.05) is 6.92 Å². The number of aryl methyl sites for hydroxylation is 1. The van der Waals surface area contributed by atoms with Gasteiger partial charge in [0.25, 0.3) is 5.91 Å². The molecule has 0 bridgehead atoms. The molecule has 1 heterocycles. The zero-order valence-electron chi connectivity index (χ0n) is 11.6. The van der Waals surface area contributed by atoms with Gasteiger partial charge in [-0.05, 0) is 42.8 Å². The lowest BCUT2D eigenvalue weighted by Crippen LogP contribution is -2.18. The first-order chi connectivity index (χ1) is 10.0. The quantitative estimate of drug-likeness (QED) is 0.900. The Kier molecular flexibility index (Phi) is 4.18. The molecule has 21 heavy (non-hydrogen) atoms. The maximum Gasteiger partial charge on any atom is 0.338 e. The van der Waals surface area contributed by atoms with Crippen molar-refractivity contribution in [1.82, 2.24) is 4.98 Å². The van der Waals surface area contributed by atoms with Crippen LogP contribution in [0.4, 0.5) is 5.69 Å². The molecule has 2 rings (SSSR count). The van der Waals surface area contributed by atoms with Crippen LogP contribution in [0.5, 0.6) is 5.75 Å². The van der Waals surface area contributed by atoms with Gasteiger partial charge in [-0.1, -0.05) is 0 Å². The minimum atomic E-state index is -1.19. The van der Waals surface area contributed by atoms with Crippen LogP contribution >= 0.6 is 0 Å². The Morgan fingerprint density at radius 1 is 1.29 bits per heavy atom. The van der Waals surface area contributed by atoms with Crippen LogP contribution in [0, 0.1) is 6.92 Å². The summed E-state index contributed by atoms with van der Waals surface area (Å²) in [6, 6.07) is 7.98. The fourth-order valence-corrected chi connectivity index (χ4v) is 1.84. The number of ether oxygens (including phenoxy) is 1. The van der Waals surface area contributed by atoms with Gasteiger partial charge < -0.3 is 15.2 Å². The lowest BCUT2D eigenvalue weighted by Gasteiger charge is -2.10. The number of aromatic carboxylic acids is 1. The Bertz CT molecular complexity index is 698. The van der Waals surface area contributed by atoms with Crippen molar-refractivity contribution < 1.29 is 19.4 Å². The van der Waals surface area contributed by atoms with Crippen molar-refractivity contribution in [2.75, 3.05) is 12.4 Å². The Hall–Kier alpha value is -2.89. The second kappa shape index (κ2) is 6.04. The summed E-state index contributed by atoms with van der Waals surface area (Å²) in [5, 5.41) is 11.7. The van der Waals surface area contributed by atoms with E-state index in [0.29, 0.717) is 11.4 Å². The molecular weight excluding hydrogens is 272 g/mol. The molecule has 2 N–H and O–H groups in total. The van der Waals surface area contributed by atoms with E-state index in [0.717, 1.165) is 5.56 Å². The first-order valence-corrected chi connectivity index (χ1v) is 6.17. The number of nitrogens with zero attached hydrogens (tertiary/aromatic N) is 1. The number of pyridine rings is 1. The number of amides is 1. The van der Waals surface area contributed by atoms with Gasteiger partial charge >= 0.3 is 5.97 Å². The predicted octanol–water partition coefficient (Wildman–Crippen LogP) is 2.35. The summed E-state index contributed by atoms with van der Waals surface area (Å²) in [5.74, 6) is -1.09. The second-order valence-corrected chi connectivity index (χ2v) is 4.34. The summed E-state index contributed by atoms with van der Waals surface area (Å²) < 4.78 is 5.09. The van der Waals surface area contributed by atoms with Crippen LogP contribution in [0.3, 0.4) is 0 Å². The zero-order chi connectivity index (χ0) is 15.4. The molecule has 0 saturated heterocycles. The third-order valence-corrected chi connectivity index (χ3v) is 2.93. The van der Waals surface area contributed by atoms with Gasteiger partial charge in [-0.3, -0.25) is 9.78 Å². The lowest BCUT2D eigenvalue weighted by atomic mass is 10.1. The van der Waals surface area contributed by atoms with E-state index < -0.39 is 11.9 Å². The smallest absolute Gasteiger partial charge is 0.338 e. The van der Waals surface area contributed by atoms with Crippen molar-refractivity contribution in [3.8, 4) is 5.75 Å². The molecule has 0 spiro atoms. The Labute approximate surface area is 121 Å². The van der Waals surface area contributed by atoms with Gasteiger partial charge in [-0.2, -0.15) is 0 Å². The number of nitrogens with one attached hydrogen (secondary N) is 1. The fraction of sp³-hybridized carbons (Fsp3) is 0.133. The molecule has 6 heteroatoms. The average molecular weight is 286 g/mol. The molecule has 1 aromatic carbocycles. The predicted molar refractivity (Wildman–Crippen MR) is 76.9 cm³/mol. The van der Waals surface area contributed by atoms with Gasteiger partial charge in [0, 0.05) is 11.9 Å². The number of rotatable bonds is 4. The monoisotopic (exact) mass is 286 g/mol. The number of methoxy groups -OCH3 is 1. The largest absolute Gasteiger partial charge is 0.497 e. The van der Waals surface area contributed by atoms with Crippen LogP contribution in [0.1, 0.15) is 26.4 Å². The van der Waals surface area contributed by atoms with Gasteiger partial charge in [-0.15, -0.1) is 0 Å². The van der Waals surface area contributed by atoms with Crippen molar-refractivity contribution in [1.29, 1.82) is 0 Å². The highest BCUT2D eigenvalue weighted by molar-refractivity contribution is 6.09. The minimum Gasteiger partial charge on any atom is -0.497 e. The molecule has 0 aliphatic heterocycles. The number of hydrogen-bond acceptors (Lipinski definition) is 4. The molecule has 6 nitrogen and oxygen atoms in total. The number of aromatic nitrogens is 1. The average Bonchev–Trinajstić information content (AvgIpc) is 2.49. The molecule has 0 atom stereocenters. The summed E-state index contributed by atoms with van der Waals surface area (Å²) in [6.07, 6.45) is 1.38. The van der Waals surface area contributed by atoms with E-state index in [2.05, 4.69) is 10.3 Å². The van der Waals surface area contributed by atoms with Crippen molar-refractivity contribution >= 4 is 17.6 Å². The Morgan fingerprint density at radius 3 is 2.67 bits per heavy atom. The number of carbonyl (C=O) groups excluding carboxylic acids is 1. The summed E-state index contributed by atoms with van der Waals surface area (Å²) in [7, 11) is 1.56. The SMILES string of the molecule is COc1ccc(NC(=O)c2ncccc2C(=O)O)c(C)c1. The topological polar surface area (TPSA) is 88.5 Å². The third kappa shape index (κ3) is 3.17. The normalized spacial score (nSPS) is 10.0. The number of anilines is 1.